The fraction of sp³-hybridized carbons (Fsp3) is 0.625. The largest absolute Gasteiger partial charge is 0.611 e. The van der Waals surface area contributed by atoms with Gasteiger partial charge in [-0.05, 0) is 104 Å². The van der Waals surface area contributed by atoms with Gasteiger partial charge in [-0.2, -0.15) is 13.2 Å². The van der Waals surface area contributed by atoms with E-state index in [4.69, 9.17) is 9.72 Å². The molecule has 3 atom stereocenters. The molecule has 3 aliphatic rings. The molecule has 0 bridgehead atoms. The van der Waals surface area contributed by atoms with Crippen molar-refractivity contribution >= 4 is 17.1 Å². The van der Waals surface area contributed by atoms with E-state index >= 15 is 0 Å². The number of nitrogens with zero attached hydrogens (tertiary/aromatic N) is 2. The number of halogens is 3. The highest BCUT2D eigenvalue weighted by Crippen LogP contribution is 2.43. The molecule has 236 valence electrons. The Hall–Kier alpha value is -2.18. The second-order valence-corrected chi connectivity index (χ2v) is 13.9. The van der Waals surface area contributed by atoms with E-state index in [0.29, 0.717) is 47.1 Å². The molecule has 1 saturated heterocycles. The lowest BCUT2D eigenvalue weighted by atomic mass is 9.81. The lowest BCUT2D eigenvalue weighted by Gasteiger charge is -2.35. The van der Waals surface area contributed by atoms with Gasteiger partial charge in [-0.25, -0.2) is 0 Å². The molecule has 1 aromatic heterocycles. The number of amides is 1. The summed E-state index contributed by atoms with van der Waals surface area (Å²) < 4.78 is 57.4. The average Bonchev–Trinajstić information content (AvgIpc) is 3.35. The number of aromatic nitrogens is 1. The van der Waals surface area contributed by atoms with Crippen LogP contribution >= 0.6 is 0 Å². The number of fused-ring (bicyclic) bond motifs is 1. The third-order valence-electron chi connectivity index (χ3n) is 9.39. The van der Waals surface area contributed by atoms with Crippen molar-refractivity contribution in [3.05, 3.63) is 58.9 Å². The Balaban J connectivity index is 1.28. The summed E-state index contributed by atoms with van der Waals surface area (Å²) in [6.07, 6.45) is 1.86. The van der Waals surface area contributed by atoms with E-state index in [1.165, 1.54) is 0 Å². The Labute approximate surface area is 254 Å². The lowest BCUT2D eigenvalue weighted by molar-refractivity contribution is -0.184. The van der Waals surface area contributed by atoms with Crippen LogP contribution in [-0.2, 0) is 22.5 Å². The highest BCUT2D eigenvalue weighted by Gasteiger charge is 2.42. The SMILES string of the molecule is CC[S+]([O-])c1ccc([C@H](CO)NC(=O)c2cnc3c(c2)CN(C[C@H]2CC[C@H](C(F)(F)F)CC2)[C@H]3CC2CCOCC2)cc1. The summed E-state index contributed by atoms with van der Waals surface area (Å²) in [5.74, 6) is -0.331. The van der Waals surface area contributed by atoms with Crippen molar-refractivity contribution in [2.75, 3.05) is 32.1 Å². The number of ether oxygens (including phenoxy) is 1. The number of aliphatic hydroxyl groups excluding tert-OH is 1. The summed E-state index contributed by atoms with van der Waals surface area (Å²) in [6.45, 7) is 4.36. The first kappa shape index (κ1) is 32.2. The zero-order valence-electron chi connectivity index (χ0n) is 24.7. The third-order valence-corrected chi connectivity index (χ3v) is 10.7. The Bertz CT molecular complexity index is 1220. The highest BCUT2D eigenvalue weighted by atomic mass is 32.2. The molecule has 1 amide bonds. The fourth-order valence-electron chi connectivity index (χ4n) is 6.82. The van der Waals surface area contributed by atoms with Crippen LogP contribution in [0, 0.1) is 17.8 Å². The number of carbonyl (C=O) groups is 1. The smallest absolute Gasteiger partial charge is 0.391 e. The molecule has 2 fully saturated rings. The summed E-state index contributed by atoms with van der Waals surface area (Å²) in [5, 5.41) is 12.9. The van der Waals surface area contributed by atoms with E-state index in [1.54, 1.807) is 30.5 Å². The maximum Gasteiger partial charge on any atom is 0.391 e. The van der Waals surface area contributed by atoms with Crippen molar-refractivity contribution in [3.8, 4) is 0 Å². The normalized spacial score (nSPS) is 24.8. The van der Waals surface area contributed by atoms with E-state index in [2.05, 4.69) is 10.2 Å². The van der Waals surface area contributed by atoms with Gasteiger partial charge in [0.15, 0.2) is 4.90 Å². The minimum absolute atomic E-state index is 0.0629. The molecule has 0 spiro atoms. The molecule has 1 aliphatic carbocycles. The van der Waals surface area contributed by atoms with Crippen LogP contribution in [0.1, 0.15) is 91.1 Å². The molecule has 11 heteroatoms. The fourth-order valence-corrected chi connectivity index (χ4v) is 7.60. The van der Waals surface area contributed by atoms with Crippen molar-refractivity contribution in [2.45, 2.75) is 81.6 Å². The minimum Gasteiger partial charge on any atom is -0.611 e. The zero-order valence-corrected chi connectivity index (χ0v) is 25.5. The topological polar surface area (TPSA) is 97.8 Å². The molecule has 1 aromatic carbocycles. The molecular formula is C32H42F3N3O4S. The first-order chi connectivity index (χ1) is 20.7. The second kappa shape index (κ2) is 14.3. The maximum absolute atomic E-state index is 13.3. The Morgan fingerprint density at radius 2 is 1.84 bits per heavy atom. The molecule has 2 aromatic rings. The zero-order chi connectivity index (χ0) is 30.6. The van der Waals surface area contributed by atoms with Crippen LogP contribution in [0.2, 0.25) is 0 Å². The molecule has 2 aliphatic heterocycles. The van der Waals surface area contributed by atoms with Crippen LogP contribution in [0.15, 0.2) is 41.4 Å². The first-order valence-electron chi connectivity index (χ1n) is 15.4. The van der Waals surface area contributed by atoms with Gasteiger partial charge in [0.2, 0.25) is 0 Å². The van der Waals surface area contributed by atoms with Gasteiger partial charge < -0.3 is 19.7 Å². The Morgan fingerprint density at radius 3 is 2.47 bits per heavy atom. The standard InChI is InChI=1S/C32H42F3N3O4S/c1-2-43(41)27-9-5-23(6-10-27)28(20-39)37-31(40)24-16-25-19-38(18-22-3-7-26(8-4-22)32(33,34)35)29(30(25)36-17-24)15-21-11-13-42-14-12-21/h5-6,9-10,16-17,21-22,26,28-29,39H,2-4,7-8,11-15,18-20H2,1H3,(H,37,40)/t22-,26-,28-,29-,43?/m0/s1. The predicted octanol–water partition coefficient (Wildman–Crippen LogP) is 5.71. The monoisotopic (exact) mass is 621 g/mol. The molecule has 1 unspecified atom stereocenters. The minimum atomic E-state index is -4.12. The molecule has 3 heterocycles. The molecule has 43 heavy (non-hydrogen) atoms. The molecule has 1 saturated carbocycles. The van der Waals surface area contributed by atoms with Crippen molar-refractivity contribution in [1.82, 2.24) is 15.2 Å². The van der Waals surface area contributed by atoms with Gasteiger partial charge in [0.25, 0.3) is 5.91 Å². The van der Waals surface area contributed by atoms with Gasteiger partial charge in [0, 0.05) is 32.5 Å². The highest BCUT2D eigenvalue weighted by molar-refractivity contribution is 7.91. The van der Waals surface area contributed by atoms with Crippen LogP contribution in [0.4, 0.5) is 13.2 Å². The Kier molecular flexibility index (Phi) is 10.7. The van der Waals surface area contributed by atoms with E-state index in [-0.39, 0.29) is 37.3 Å². The van der Waals surface area contributed by atoms with Gasteiger partial charge in [0.1, 0.15) is 5.75 Å². The molecular weight excluding hydrogens is 579 g/mol. The number of aliphatic hydroxyl groups is 1. The summed E-state index contributed by atoms with van der Waals surface area (Å²) in [4.78, 5) is 21.1. The summed E-state index contributed by atoms with van der Waals surface area (Å²) in [7, 11) is 0. The van der Waals surface area contributed by atoms with Crippen molar-refractivity contribution in [2.24, 2.45) is 17.8 Å². The molecule has 5 rings (SSSR count). The van der Waals surface area contributed by atoms with Crippen LogP contribution in [0.25, 0.3) is 0 Å². The van der Waals surface area contributed by atoms with Gasteiger partial charge in [-0.15, -0.1) is 0 Å². The number of pyridine rings is 1. The van der Waals surface area contributed by atoms with Crippen molar-refractivity contribution < 1.29 is 32.4 Å². The number of rotatable bonds is 10. The van der Waals surface area contributed by atoms with Crippen LogP contribution < -0.4 is 5.32 Å². The molecule has 0 radical (unpaired) electrons. The van der Waals surface area contributed by atoms with Crippen LogP contribution in [0.5, 0.6) is 0 Å². The number of alkyl halides is 3. The van der Waals surface area contributed by atoms with E-state index < -0.39 is 29.3 Å². The number of hydrogen-bond acceptors (Lipinski definition) is 6. The van der Waals surface area contributed by atoms with Crippen LogP contribution in [-0.4, -0.2) is 63.7 Å². The summed E-state index contributed by atoms with van der Waals surface area (Å²) in [5.41, 5.74) is 3.04. The molecule has 7 nitrogen and oxygen atoms in total. The number of hydrogen-bond donors (Lipinski definition) is 2. The number of nitrogens with one attached hydrogen (secondary N) is 1. The first-order valence-corrected chi connectivity index (χ1v) is 16.8. The third kappa shape index (κ3) is 7.92. The quantitative estimate of drug-likeness (QED) is 0.330. The average molecular weight is 622 g/mol. The van der Waals surface area contributed by atoms with E-state index in [9.17, 15) is 27.6 Å². The summed E-state index contributed by atoms with van der Waals surface area (Å²) >= 11 is -1.08. The van der Waals surface area contributed by atoms with Crippen molar-refractivity contribution in [3.63, 3.8) is 0 Å². The summed E-state index contributed by atoms with van der Waals surface area (Å²) in [6, 6.07) is 8.35. The van der Waals surface area contributed by atoms with Gasteiger partial charge in [0.05, 0.1) is 35.9 Å². The Morgan fingerprint density at radius 1 is 1.14 bits per heavy atom. The second-order valence-electron chi connectivity index (χ2n) is 12.2. The predicted molar refractivity (Wildman–Crippen MR) is 158 cm³/mol. The maximum atomic E-state index is 13.3. The lowest BCUT2D eigenvalue weighted by Crippen LogP contribution is -2.34. The van der Waals surface area contributed by atoms with E-state index in [0.717, 1.165) is 50.3 Å². The van der Waals surface area contributed by atoms with Gasteiger partial charge in [-0.1, -0.05) is 12.1 Å². The van der Waals surface area contributed by atoms with Crippen molar-refractivity contribution in [1.29, 1.82) is 0 Å². The van der Waals surface area contributed by atoms with Gasteiger partial charge >= 0.3 is 6.18 Å². The van der Waals surface area contributed by atoms with E-state index in [1.807, 2.05) is 13.0 Å². The van der Waals surface area contributed by atoms with Crippen LogP contribution in [0.3, 0.4) is 0 Å². The number of carbonyl (C=O) groups excluding carboxylic acids is 1. The number of benzene rings is 1. The van der Waals surface area contributed by atoms with Gasteiger partial charge in [-0.3, -0.25) is 14.7 Å². The molecule has 2 N–H and O–H groups in total.